The molecular weight excluding hydrogens is 402 g/mol. The van der Waals surface area contributed by atoms with Gasteiger partial charge in [0.1, 0.15) is 11.6 Å². The van der Waals surface area contributed by atoms with Gasteiger partial charge in [-0.2, -0.15) is 10.1 Å². The van der Waals surface area contributed by atoms with Gasteiger partial charge in [0.05, 0.1) is 12.1 Å². The van der Waals surface area contributed by atoms with Crippen LogP contribution in [0.2, 0.25) is 0 Å². The number of nitrogens with zero attached hydrogens (tertiary/aromatic N) is 4. The molecule has 0 aliphatic carbocycles. The highest BCUT2D eigenvalue weighted by Crippen LogP contribution is 2.27. The maximum Gasteiger partial charge on any atom is 0.221 e. The minimum Gasteiger partial charge on any atom is -0.494 e. The molecule has 0 unspecified atom stereocenters. The molecule has 2 aromatic carbocycles. The molecule has 8 heteroatoms. The number of aromatic amines is 1. The van der Waals surface area contributed by atoms with E-state index in [-0.39, 0.29) is 5.95 Å². The van der Waals surface area contributed by atoms with Crippen molar-refractivity contribution in [3.05, 3.63) is 66.1 Å². The Morgan fingerprint density at radius 3 is 2.88 bits per heavy atom. The number of ether oxygens (including phenoxy) is 1. The summed E-state index contributed by atoms with van der Waals surface area (Å²) in [6, 6.07) is 12.2. The van der Waals surface area contributed by atoms with E-state index < -0.39 is 0 Å². The summed E-state index contributed by atoms with van der Waals surface area (Å²) in [7, 11) is 1.92. The van der Waals surface area contributed by atoms with E-state index in [1.807, 2.05) is 44.4 Å². The Morgan fingerprint density at radius 1 is 1.12 bits per heavy atom. The highest BCUT2D eigenvalue weighted by atomic mass is 16.5. The predicted molar refractivity (Wildman–Crippen MR) is 127 cm³/mol. The van der Waals surface area contributed by atoms with Gasteiger partial charge in [0.2, 0.25) is 5.95 Å². The molecule has 0 radical (unpaired) electrons. The molecule has 0 atom stereocenters. The van der Waals surface area contributed by atoms with Gasteiger partial charge in [0.25, 0.3) is 0 Å². The molecule has 3 aromatic heterocycles. The van der Waals surface area contributed by atoms with Crippen molar-refractivity contribution in [3.8, 4) is 5.75 Å². The van der Waals surface area contributed by atoms with E-state index in [0.29, 0.717) is 12.4 Å². The fraction of sp³-hybridized carbons (Fsp3) is 0.208. The fourth-order valence-corrected chi connectivity index (χ4v) is 3.96. The number of anilines is 3. The molecule has 5 aromatic rings. The zero-order valence-electron chi connectivity index (χ0n) is 18.1. The summed E-state index contributed by atoms with van der Waals surface area (Å²) in [5.41, 5.74) is 11.0. The Kier molecular flexibility index (Phi) is 5.10. The Bertz CT molecular complexity index is 1400. The number of rotatable bonds is 7. The van der Waals surface area contributed by atoms with E-state index in [1.54, 1.807) is 10.9 Å². The van der Waals surface area contributed by atoms with Crippen LogP contribution in [-0.2, 0) is 19.9 Å². The van der Waals surface area contributed by atoms with Crippen molar-refractivity contribution in [2.45, 2.75) is 19.8 Å². The second-order valence-corrected chi connectivity index (χ2v) is 7.76. The normalized spacial score (nSPS) is 11.3. The molecule has 8 nitrogen and oxygen atoms in total. The van der Waals surface area contributed by atoms with Crippen LogP contribution in [0.15, 0.2) is 55.0 Å². The van der Waals surface area contributed by atoms with Crippen LogP contribution >= 0.6 is 0 Å². The number of nitrogens with one attached hydrogen (secondary N) is 2. The lowest BCUT2D eigenvalue weighted by molar-refractivity contribution is 0.340. The van der Waals surface area contributed by atoms with Crippen LogP contribution in [0, 0.1) is 0 Å². The van der Waals surface area contributed by atoms with Gasteiger partial charge in [-0.25, -0.2) is 4.98 Å². The number of nitrogens with two attached hydrogens (primary N) is 1. The van der Waals surface area contributed by atoms with Crippen molar-refractivity contribution in [2.24, 2.45) is 7.05 Å². The maximum atomic E-state index is 5.89. The van der Waals surface area contributed by atoms with Gasteiger partial charge in [-0.15, -0.1) is 0 Å². The van der Waals surface area contributed by atoms with Gasteiger partial charge >= 0.3 is 0 Å². The summed E-state index contributed by atoms with van der Waals surface area (Å²) in [5, 5.41) is 10.1. The third kappa shape index (κ3) is 3.94. The molecule has 0 fully saturated rings. The van der Waals surface area contributed by atoms with E-state index in [4.69, 9.17) is 10.5 Å². The standard InChI is InChI=1S/C24H25N7O/c1-3-32-19-8-9-21-20(11-19)15(12-26-21)4-5-16-13-27-24(25)29-23(16)28-18-7-6-17-14-31(2)30-22(17)10-18/h6-14,26H,3-5H2,1-2H3,(H3,25,27,28,29). The molecule has 0 aliphatic rings. The van der Waals surface area contributed by atoms with Gasteiger partial charge in [-0.05, 0) is 61.7 Å². The Morgan fingerprint density at radius 2 is 2.00 bits per heavy atom. The molecule has 0 saturated heterocycles. The molecule has 0 spiro atoms. The first-order valence-electron chi connectivity index (χ1n) is 10.6. The first-order chi connectivity index (χ1) is 15.6. The number of nitrogen functional groups attached to an aromatic ring is 1. The molecule has 0 bridgehead atoms. The van der Waals surface area contributed by atoms with E-state index in [2.05, 4.69) is 43.7 Å². The summed E-state index contributed by atoms with van der Waals surface area (Å²) in [4.78, 5) is 12.0. The lowest BCUT2D eigenvalue weighted by Crippen LogP contribution is -2.05. The average molecular weight is 428 g/mol. The lowest BCUT2D eigenvalue weighted by atomic mass is 10.0. The minimum atomic E-state index is 0.239. The number of aromatic nitrogens is 5. The Balaban J connectivity index is 1.39. The van der Waals surface area contributed by atoms with Crippen LogP contribution < -0.4 is 15.8 Å². The topological polar surface area (TPSA) is 107 Å². The molecular formula is C24H25N7O. The van der Waals surface area contributed by atoms with Gasteiger partial charge in [-0.1, -0.05) is 0 Å². The maximum absolute atomic E-state index is 5.89. The van der Waals surface area contributed by atoms with Gasteiger partial charge < -0.3 is 20.8 Å². The minimum absolute atomic E-state index is 0.239. The second kappa shape index (κ2) is 8.22. The zero-order chi connectivity index (χ0) is 22.1. The third-order valence-electron chi connectivity index (χ3n) is 5.48. The summed E-state index contributed by atoms with van der Waals surface area (Å²) >= 11 is 0. The molecule has 32 heavy (non-hydrogen) atoms. The SMILES string of the molecule is CCOc1ccc2[nH]cc(CCc3cnc(N)nc3Nc3ccc4cn(C)nc4c3)c2c1. The van der Waals surface area contributed by atoms with Crippen LogP contribution in [0.4, 0.5) is 17.5 Å². The quantitative estimate of drug-likeness (QED) is 0.356. The summed E-state index contributed by atoms with van der Waals surface area (Å²) < 4.78 is 7.47. The van der Waals surface area contributed by atoms with E-state index in [0.717, 1.165) is 46.3 Å². The predicted octanol–water partition coefficient (Wildman–Crippen LogP) is 4.35. The van der Waals surface area contributed by atoms with Crippen molar-refractivity contribution in [2.75, 3.05) is 17.7 Å². The number of hydrogen-bond acceptors (Lipinski definition) is 6. The van der Waals surface area contributed by atoms with Gasteiger partial charge in [0, 0.05) is 53.2 Å². The van der Waals surface area contributed by atoms with E-state index in [9.17, 15) is 0 Å². The van der Waals surface area contributed by atoms with Crippen molar-refractivity contribution in [1.29, 1.82) is 0 Å². The fourth-order valence-electron chi connectivity index (χ4n) is 3.96. The van der Waals surface area contributed by atoms with Crippen molar-refractivity contribution >= 4 is 39.3 Å². The zero-order valence-corrected chi connectivity index (χ0v) is 18.1. The monoisotopic (exact) mass is 427 g/mol. The Labute approximate surface area is 185 Å². The second-order valence-electron chi connectivity index (χ2n) is 7.76. The molecule has 5 rings (SSSR count). The van der Waals surface area contributed by atoms with E-state index in [1.165, 1.54) is 10.9 Å². The van der Waals surface area contributed by atoms with Crippen LogP contribution in [0.1, 0.15) is 18.1 Å². The average Bonchev–Trinajstić information content (AvgIpc) is 3.35. The third-order valence-corrected chi connectivity index (χ3v) is 5.48. The lowest BCUT2D eigenvalue weighted by Gasteiger charge is -2.11. The number of H-pyrrole nitrogens is 1. The number of benzene rings is 2. The number of hydrogen-bond donors (Lipinski definition) is 3. The molecule has 0 amide bonds. The van der Waals surface area contributed by atoms with Crippen LogP contribution in [-0.4, -0.2) is 31.3 Å². The first-order valence-corrected chi connectivity index (χ1v) is 10.6. The van der Waals surface area contributed by atoms with Crippen LogP contribution in [0.5, 0.6) is 5.75 Å². The highest BCUT2D eigenvalue weighted by Gasteiger charge is 2.11. The van der Waals surface area contributed by atoms with Crippen LogP contribution in [0.25, 0.3) is 21.8 Å². The highest BCUT2D eigenvalue weighted by molar-refractivity contribution is 5.85. The Hall–Kier alpha value is -4.07. The van der Waals surface area contributed by atoms with Crippen LogP contribution in [0.3, 0.4) is 0 Å². The summed E-state index contributed by atoms with van der Waals surface area (Å²) in [6.45, 7) is 2.64. The van der Waals surface area contributed by atoms with Gasteiger partial charge in [-0.3, -0.25) is 4.68 Å². The molecule has 4 N–H and O–H groups in total. The molecule has 0 saturated carbocycles. The first kappa shape index (κ1) is 19.9. The molecule has 3 heterocycles. The smallest absolute Gasteiger partial charge is 0.221 e. The number of fused-ring (bicyclic) bond motifs is 2. The number of aryl methyl sites for hydroxylation is 3. The summed E-state index contributed by atoms with van der Waals surface area (Å²) in [6.07, 6.45) is 7.44. The molecule has 162 valence electrons. The van der Waals surface area contributed by atoms with Gasteiger partial charge in [0.15, 0.2) is 0 Å². The summed E-state index contributed by atoms with van der Waals surface area (Å²) in [5.74, 6) is 1.83. The van der Waals surface area contributed by atoms with Crippen molar-refractivity contribution in [3.63, 3.8) is 0 Å². The largest absolute Gasteiger partial charge is 0.494 e. The van der Waals surface area contributed by atoms with Crippen molar-refractivity contribution < 1.29 is 4.74 Å². The van der Waals surface area contributed by atoms with Crippen molar-refractivity contribution in [1.82, 2.24) is 24.7 Å². The molecule has 0 aliphatic heterocycles. The van der Waals surface area contributed by atoms with E-state index >= 15 is 0 Å².